The molecule has 0 saturated heterocycles. The topological polar surface area (TPSA) is 0 Å². The van der Waals surface area contributed by atoms with Crippen LogP contribution in [0.2, 0.25) is 0 Å². The molecule has 0 aliphatic rings. The van der Waals surface area contributed by atoms with E-state index >= 15 is 0 Å². The molecule has 0 rings (SSSR count). The highest BCUT2D eigenvalue weighted by Gasteiger charge is 1.75. The highest BCUT2D eigenvalue weighted by molar-refractivity contribution is 8.96. The van der Waals surface area contributed by atoms with Crippen LogP contribution in [0, 0.1) is 0 Å². The van der Waals surface area contributed by atoms with Crippen LogP contribution in [0.15, 0.2) is 0 Å². The van der Waals surface area contributed by atoms with E-state index in [-0.39, 0.29) is 0 Å². The Bertz CT molecular complexity index is 20.8. The Morgan fingerprint density at radius 2 is 2.33 bits per heavy atom. The van der Waals surface area contributed by atoms with Crippen molar-refractivity contribution in [1.82, 2.24) is 0 Å². The van der Waals surface area contributed by atoms with Gasteiger partial charge in [0.2, 0.25) is 0 Å². The van der Waals surface area contributed by atoms with Gasteiger partial charge in [0.05, 0.1) is 0 Å². The maximum absolute atomic E-state index is 2.20. The average Bonchev–Trinajstić information content (AvgIpc) is 1.61. The SMILES string of the molecule is CCSSPC. The van der Waals surface area contributed by atoms with E-state index in [0.717, 1.165) is 7.78 Å². The Kier molecular flexibility index (Phi) is 7.28. The van der Waals surface area contributed by atoms with Crippen LogP contribution in [-0.2, 0) is 0 Å². The van der Waals surface area contributed by atoms with Gasteiger partial charge in [0, 0.05) is 5.75 Å². The second-order valence-corrected chi connectivity index (χ2v) is 6.01. The second-order valence-electron chi connectivity index (χ2n) is 0.694. The third-order valence-corrected chi connectivity index (χ3v) is 4.90. The molecule has 0 aromatic carbocycles. The smallest absolute Gasteiger partial charge is 0.00116 e. The molecular formula is C3H9PS2. The summed E-state index contributed by atoms with van der Waals surface area (Å²) in [5.74, 6) is 1.24. The molecule has 0 bridgehead atoms. The van der Waals surface area contributed by atoms with Crippen LogP contribution in [0.3, 0.4) is 0 Å². The van der Waals surface area contributed by atoms with Gasteiger partial charge in [-0.1, -0.05) is 35.9 Å². The molecule has 0 fully saturated rings. The summed E-state index contributed by atoms with van der Waals surface area (Å²) in [6.07, 6.45) is 0. The fourth-order valence-corrected chi connectivity index (χ4v) is 3.18. The van der Waals surface area contributed by atoms with E-state index in [1.54, 1.807) is 0 Å². The molecule has 0 nitrogen and oxygen atoms in total. The van der Waals surface area contributed by atoms with E-state index < -0.39 is 0 Å². The Morgan fingerprint density at radius 1 is 1.67 bits per heavy atom. The van der Waals surface area contributed by atoms with Gasteiger partial charge < -0.3 is 0 Å². The van der Waals surface area contributed by atoms with Crippen LogP contribution in [0.1, 0.15) is 6.92 Å². The summed E-state index contributed by atoms with van der Waals surface area (Å²) in [7, 11) is 4.93. The third-order valence-electron chi connectivity index (χ3n) is 0.260. The molecule has 1 unspecified atom stereocenters. The molecule has 6 heavy (non-hydrogen) atoms. The van der Waals surface area contributed by atoms with E-state index in [1.807, 2.05) is 21.2 Å². The largest absolute Gasteiger partial charge is 0.0902 e. The van der Waals surface area contributed by atoms with Crippen molar-refractivity contribution in [2.75, 3.05) is 12.4 Å². The summed E-state index contributed by atoms with van der Waals surface area (Å²) in [4.78, 5) is 0. The molecule has 0 aromatic rings. The summed E-state index contributed by atoms with van der Waals surface area (Å²) in [6.45, 7) is 4.38. The lowest BCUT2D eigenvalue weighted by atomic mass is 11.0. The van der Waals surface area contributed by atoms with Crippen molar-refractivity contribution >= 4 is 29.0 Å². The van der Waals surface area contributed by atoms with E-state index in [0.29, 0.717) is 0 Å². The predicted octanol–water partition coefficient (Wildman–Crippen LogP) is 2.61. The van der Waals surface area contributed by atoms with Gasteiger partial charge in [-0.2, -0.15) is 0 Å². The molecule has 0 spiro atoms. The van der Waals surface area contributed by atoms with Crippen LogP contribution in [0.25, 0.3) is 0 Å². The van der Waals surface area contributed by atoms with Gasteiger partial charge in [-0.25, -0.2) is 0 Å². The summed E-state index contributed by atoms with van der Waals surface area (Å²) in [5, 5.41) is 0. The fraction of sp³-hybridized carbons (Fsp3) is 1.00. The van der Waals surface area contributed by atoms with Gasteiger partial charge >= 0.3 is 0 Å². The van der Waals surface area contributed by atoms with Crippen LogP contribution in [0.5, 0.6) is 0 Å². The van der Waals surface area contributed by atoms with Crippen molar-refractivity contribution in [3.63, 3.8) is 0 Å². The van der Waals surface area contributed by atoms with E-state index in [2.05, 4.69) is 13.6 Å². The molecule has 0 amide bonds. The summed E-state index contributed by atoms with van der Waals surface area (Å²) >= 11 is 0. The van der Waals surface area contributed by atoms with Gasteiger partial charge in [0.25, 0.3) is 0 Å². The van der Waals surface area contributed by atoms with Gasteiger partial charge in [-0.15, -0.1) is 0 Å². The molecule has 38 valence electrons. The van der Waals surface area contributed by atoms with E-state index in [1.165, 1.54) is 5.75 Å². The van der Waals surface area contributed by atoms with Gasteiger partial charge in [-0.3, -0.25) is 0 Å². The molecule has 0 aliphatic carbocycles. The minimum absolute atomic E-state index is 1.04. The lowest BCUT2D eigenvalue weighted by Crippen LogP contribution is -1.49. The predicted molar refractivity (Wildman–Crippen MR) is 40.0 cm³/mol. The maximum Gasteiger partial charge on any atom is 0.00116 e. The van der Waals surface area contributed by atoms with Crippen molar-refractivity contribution in [3.8, 4) is 0 Å². The van der Waals surface area contributed by atoms with E-state index in [9.17, 15) is 0 Å². The van der Waals surface area contributed by atoms with Gasteiger partial charge in [-0.05, 0) is 6.66 Å². The van der Waals surface area contributed by atoms with Crippen molar-refractivity contribution in [1.29, 1.82) is 0 Å². The molecule has 0 N–H and O–H groups in total. The first-order valence-corrected chi connectivity index (χ1v) is 6.41. The molecule has 0 radical (unpaired) electrons. The van der Waals surface area contributed by atoms with Crippen LogP contribution < -0.4 is 0 Å². The fourth-order valence-electron chi connectivity index (χ4n) is 0.118. The zero-order valence-electron chi connectivity index (χ0n) is 4.02. The molecule has 0 heterocycles. The lowest BCUT2D eigenvalue weighted by Gasteiger charge is -1.86. The third kappa shape index (κ3) is 5.13. The Hall–Kier alpha value is 1.13. The Balaban J connectivity index is 2.34. The minimum atomic E-state index is 1.04. The second kappa shape index (κ2) is 6.13. The maximum atomic E-state index is 2.20. The molecular weight excluding hydrogens is 131 g/mol. The van der Waals surface area contributed by atoms with Crippen LogP contribution in [-0.4, -0.2) is 12.4 Å². The van der Waals surface area contributed by atoms with Gasteiger partial charge in [0.15, 0.2) is 0 Å². The van der Waals surface area contributed by atoms with Crippen molar-refractivity contribution in [2.45, 2.75) is 6.92 Å². The van der Waals surface area contributed by atoms with Gasteiger partial charge in [0.1, 0.15) is 0 Å². The monoisotopic (exact) mass is 140 g/mol. The zero-order chi connectivity index (χ0) is 4.83. The lowest BCUT2D eigenvalue weighted by molar-refractivity contribution is 1.54. The quantitative estimate of drug-likeness (QED) is 0.336. The summed E-state index contributed by atoms with van der Waals surface area (Å²) in [6, 6.07) is 0. The summed E-state index contributed by atoms with van der Waals surface area (Å²) < 4.78 is 0. The standard InChI is InChI=1S/C3H9PS2/c1-3-5-6-4-2/h4H,3H2,1-2H3. The average molecular weight is 140 g/mol. The van der Waals surface area contributed by atoms with Crippen LogP contribution in [0.4, 0.5) is 0 Å². The van der Waals surface area contributed by atoms with Crippen molar-refractivity contribution in [2.24, 2.45) is 0 Å². The highest BCUT2D eigenvalue weighted by Crippen LogP contribution is 2.36. The number of rotatable bonds is 3. The zero-order valence-corrected chi connectivity index (χ0v) is 6.66. The van der Waals surface area contributed by atoms with Crippen molar-refractivity contribution in [3.05, 3.63) is 0 Å². The summed E-state index contributed by atoms with van der Waals surface area (Å²) in [5.41, 5.74) is 0. The Labute approximate surface area is 48.8 Å². The molecule has 3 heteroatoms. The van der Waals surface area contributed by atoms with Crippen molar-refractivity contribution < 1.29 is 0 Å². The normalized spacial score (nSPS) is 11.0. The minimum Gasteiger partial charge on any atom is -0.0902 e. The first kappa shape index (κ1) is 7.13. The molecule has 0 aromatic heterocycles. The molecule has 0 saturated carbocycles. The Morgan fingerprint density at radius 3 is 2.50 bits per heavy atom. The molecule has 0 aliphatic heterocycles. The van der Waals surface area contributed by atoms with Crippen LogP contribution >= 0.6 is 29.0 Å². The number of hydrogen-bond donors (Lipinski definition) is 0. The van der Waals surface area contributed by atoms with E-state index in [4.69, 9.17) is 0 Å². The highest BCUT2D eigenvalue weighted by atomic mass is 33.3. The first-order chi connectivity index (χ1) is 2.91. The first-order valence-electron chi connectivity index (χ1n) is 1.87. The molecule has 1 atom stereocenters. The number of hydrogen-bond acceptors (Lipinski definition) is 2.